The third-order valence-corrected chi connectivity index (χ3v) is 5.89. The highest BCUT2D eigenvalue weighted by Crippen LogP contribution is 2.22. The minimum Gasteiger partial charge on any atom is -0.493 e. The fourth-order valence-electron chi connectivity index (χ4n) is 3.32. The Morgan fingerprint density at radius 2 is 1.87 bits per heavy atom. The molecule has 31 heavy (non-hydrogen) atoms. The number of thioether (sulfide) groups is 1. The van der Waals surface area contributed by atoms with Crippen molar-refractivity contribution in [1.82, 2.24) is 19.2 Å². The molecule has 2 aromatic carbocycles. The average molecular weight is 459 g/mol. The first kappa shape index (κ1) is 21.7. The molecule has 0 amide bonds. The van der Waals surface area contributed by atoms with Crippen molar-refractivity contribution in [3.05, 3.63) is 63.9 Å². The lowest BCUT2D eigenvalue weighted by Gasteiger charge is -2.11. The molecule has 0 aliphatic carbocycles. The van der Waals surface area contributed by atoms with Crippen LogP contribution in [-0.4, -0.2) is 44.7 Å². The van der Waals surface area contributed by atoms with Gasteiger partial charge in [0, 0.05) is 30.5 Å². The summed E-state index contributed by atoms with van der Waals surface area (Å²) in [5, 5.41) is 10.7. The highest BCUT2D eigenvalue weighted by Gasteiger charge is 2.16. The van der Waals surface area contributed by atoms with Crippen molar-refractivity contribution in [1.29, 1.82) is 0 Å². The van der Waals surface area contributed by atoms with Gasteiger partial charge in [-0.25, -0.2) is 0 Å². The standard InChI is InChI=1S/C22H23ClN4O3S/c1-2-29-13-5-12-26-20(28)18-6-3-4-7-19(18)27-21(26)24-25-22(27)31-15-14-30-17-10-8-16(23)9-11-17/h3-4,6-11H,2,5,12-15H2,1H3. The van der Waals surface area contributed by atoms with Crippen LogP contribution < -0.4 is 10.3 Å². The van der Waals surface area contributed by atoms with Crippen LogP contribution in [0.25, 0.3) is 16.7 Å². The Labute approximate surface area is 188 Å². The second-order valence-electron chi connectivity index (χ2n) is 6.79. The molecule has 2 aromatic heterocycles. The van der Waals surface area contributed by atoms with E-state index in [1.54, 1.807) is 16.7 Å². The van der Waals surface area contributed by atoms with Gasteiger partial charge in [-0.05, 0) is 49.7 Å². The van der Waals surface area contributed by atoms with Crippen LogP contribution in [0.1, 0.15) is 13.3 Å². The molecule has 0 fully saturated rings. The van der Waals surface area contributed by atoms with E-state index in [1.165, 1.54) is 11.8 Å². The number of hydrogen-bond donors (Lipinski definition) is 0. The zero-order valence-electron chi connectivity index (χ0n) is 17.2. The first-order valence-corrected chi connectivity index (χ1v) is 11.5. The number of hydrogen-bond acceptors (Lipinski definition) is 6. The minimum absolute atomic E-state index is 0.0605. The van der Waals surface area contributed by atoms with E-state index in [0.717, 1.165) is 22.8 Å². The third-order valence-electron chi connectivity index (χ3n) is 4.75. The SMILES string of the molecule is CCOCCCn1c(=O)c2ccccc2n2c(SCCOc3ccc(Cl)cc3)nnc12. The molecule has 0 saturated carbocycles. The maximum absolute atomic E-state index is 13.1. The summed E-state index contributed by atoms with van der Waals surface area (Å²) in [5.41, 5.74) is 0.740. The van der Waals surface area contributed by atoms with E-state index in [-0.39, 0.29) is 5.56 Å². The molecule has 0 unspecified atom stereocenters. The van der Waals surface area contributed by atoms with E-state index in [0.29, 0.717) is 48.3 Å². The summed E-state index contributed by atoms with van der Waals surface area (Å²) in [5.74, 6) is 1.99. The normalized spacial score (nSPS) is 11.4. The summed E-state index contributed by atoms with van der Waals surface area (Å²) < 4.78 is 14.8. The Morgan fingerprint density at radius 3 is 2.68 bits per heavy atom. The van der Waals surface area contributed by atoms with Crippen LogP contribution in [-0.2, 0) is 11.3 Å². The Kier molecular flexibility index (Phi) is 7.11. The molecule has 0 aliphatic rings. The zero-order valence-corrected chi connectivity index (χ0v) is 18.7. The number of halogens is 1. The van der Waals surface area contributed by atoms with Gasteiger partial charge >= 0.3 is 0 Å². The summed E-state index contributed by atoms with van der Waals surface area (Å²) in [6.07, 6.45) is 0.728. The van der Waals surface area contributed by atoms with Gasteiger partial charge in [-0.15, -0.1) is 10.2 Å². The van der Waals surface area contributed by atoms with Crippen LogP contribution in [0, 0.1) is 0 Å². The predicted molar refractivity (Wildman–Crippen MR) is 124 cm³/mol. The molecule has 9 heteroatoms. The first-order valence-electron chi connectivity index (χ1n) is 10.1. The van der Waals surface area contributed by atoms with Gasteiger partial charge in [0.1, 0.15) is 5.75 Å². The number of aryl methyl sites for hydroxylation is 1. The van der Waals surface area contributed by atoms with Gasteiger partial charge in [-0.1, -0.05) is 35.5 Å². The Hall–Kier alpha value is -2.55. The molecule has 7 nitrogen and oxygen atoms in total. The average Bonchev–Trinajstić information content (AvgIpc) is 3.21. The zero-order chi connectivity index (χ0) is 21.6. The summed E-state index contributed by atoms with van der Waals surface area (Å²) in [4.78, 5) is 13.1. The summed E-state index contributed by atoms with van der Waals surface area (Å²) in [6, 6.07) is 14.8. The molecule has 2 heterocycles. The van der Waals surface area contributed by atoms with Gasteiger partial charge in [0.25, 0.3) is 5.56 Å². The molecule has 0 spiro atoms. The molecule has 0 aliphatic heterocycles. The van der Waals surface area contributed by atoms with E-state index in [4.69, 9.17) is 21.1 Å². The van der Waals surface area contributed by atoms with Crippen molar-refractivity contribution >= 4 is 40.0 Å². The number of para-hydroxylation sites is 1. The maximum atomic E-state index is 13.1. The van der Waals surface area contributed by atoms with E-state index >= 15 is 0 Å². The predicted octanol–water partition coefficient (Wildman–Crippen LogP) is 4.30. The van der Waals surface area contributed by atoms with Gasteiger partial charge in [-0.3, -0.25) is 13.8 Å². The maximum Gasteiger partial charge on any atom is 0.262 e. The van der Waals surface area contributed by atoms with Gasteiger partial charge in [0.2, 0.25) is 5.78 Å². The highest BCUT2D eigenvalue weighted by molar-refractivity contribution is 7.99. The van der Waals surface area contributed by atoms with Gasteiger partial charge in [0.15, 0.2) is 5.16 Å². The fourth-order valence-corrected chi connectivity index (χ4v) is 4.20. The van der Waals surface area contributed by atoms with Crippen LogP contribution in [0.5, 0.6) is 5.75 Å². The van der Waals surface area contributed by atoms with E-state index < -0.39 is 0 Å². The van der Waals surface area contributed by atoms with E-state index in [9.17, 15) is 4.79 Å². The number of aromatic nitrogens is 4. The smallest absolute Gasteiger partial charge is 0.262 e. The number of rotatable bonds is 10. The molecule has 4 rings (SSSR count). The summed E-state index contributed by atoms with van der Waals surface area (Å²) in [7, 11) is 0. The van der Waals surface area contributed by atoms with Crippen molar-refractivity contribution in [3.63, 3.8) is 0 Å². The summed E-state index contributed by atoms with van der Waals surface area (Å²) >= 11 is 7.44. The molecule has 0 atom stereocenters. The molecular weight excluding hydrogens is 436 g/mol. The van der Waals surface area contributed by atoms with Gasteiger partial charge in [0.05, 0.1) is 17.5 Å². The summed E-state index contributed by atoms with van der Waals surface area (Å²) in [6.45, 7) is 4.24. The van der Waals surface area contributed by atoms with Crippen molar-refractivity contribution in [2.45, 2.75) is 25.0 Å². The Morgan fingerprint density at radius 1 is 1.06 bits per heavy atom. The molecule has 0 radical (unpaired) electrons. The Balaban J connectivity index is 1.57. The van der Waals surface area contributed by atoms with Crippen LogP contribution in [0.15, 0.2) is 58.5 Å². The second kappa shape index (κ2) is 10.2. The topological polar surface area (TPSA) is 70.7 Å². The minimum atomic E-state index is -0.0605. The molecule has 4 aromatic rings. The van der Waals surface area contributed by atoms with Crippen LogP contribution >= 0.6 is 23.4 Å². The van der Waals surface area contributed by atoms with Crippen LogP contribution in [0.4, 0.5) is 0 Å². The van der Waals surface area contributed by atoms with E-state index in [2.05, 4.69) is 10.2 Å². The second-order valence-corrected chi connectivity index (χ2v) is 8.29. The van der Waals surface area contributed by atoms with Gasteiger partial charge in [-0.2, -0.15) is 0 Å². The quantitative estimate of drug-likeness (QED) is 0.261. The number of nitrogens with zero attached hydrogens (tertiary/aromatic N) is 4. The van der Waals surface area contributed by atoms with Crippen molar-refractivity contribution in [2.24, 2.45) is 0 Å². The first-order chi connectivity index (χ1) is 15.2. The molecule has 0 bridgehead atoms. The lowest BCUT2D eigenvalue weighted by molar-refractivity contribution is 0.141. The lowest BCUT2D eigenvalue weighted by atomic mass is 10.2. The van der Waals surface area contributed by atoms with Crippen LogP contribution in [0.3, 0.4) is 0 Å². The van der Waals surface area contributed by atoms with Crippen molar-refractivity contribution in [3.8, 4) is 5.75 Å². The van der Waals surface area contributed by atoms with Crippen molar-refractivity contribution in [2.75, 3.05) is 25.6 Å². The number of fused-ring (bicyclic) bond motifs is 3. The van der Waals surface area contributed by atoms with Crippen LogP contribution in [0.2, 0.25) is 5.02 Å². The third kappa shape index (κ3) is 4.87. The van der Waals surface area contributed by atoms with Crippen molar-refractivity contribution < 1.29 is 9.47 Å². The molecule has 0 N–H and O–H groups in total. The Bertz CT molecular complexity index is 1220. The fraction of sp³-hybridized carbons (Fsp3) is 0.318. The largest absolute Gasteiger partial charge is 0.493 e. The highest BCUT2D eigenvalue weighted by atomic mass is 35.5. The monoisotopic (exact) mass is 458 g/mol. The lowest BCUT2D eigenvalue weighted by Crippen LogP contribution is -2.24. The van der Waals surface area contributed by atoms with E-state index in [1.807, 2.05) is 47.7 Å². The van der Waals surface area contributed by atoms with Gasteiger partial charge < -0.3 is 9.47 Å². The molecular formula is C22H23ClN4O3S. The number of benzene rings is 2. The molecule has 162 valence electrons. The molecule has 0 saturated heterocycles. The number of ether oxygens (including phenoxy) is 2.